The molecule has 11 heteroatoms. The molecule has 0 aliphatic carbocycles. The first-order chi connectivity index (χ1) is 17.7. The van der Waals surface area contributed by atoms with Crippen molar-refractivity contribution in [2.75, 3.05) is 50.9 Å². The first-order valence-corrected chi connectivity index (χ1v) is 13.7. The van der Waals surface area contributed by atoms with Crippen molar-refractivity contribution in [2.24, 2.45) is 0 Å². The predicted octanol–water partition coefficient (Wildman–Crippen LogP) is 4.34. The molecule has 37 heavy (non-hydrogen) atoms. The van der Waals surface area contributed by atoms with Crippen LogP contribution >= 0.6 is 11.6 Å². The number of sulfonamides is 1. The van der Waals surface area contributed by atoms with Crippen LogP contribution in [0.25, 0.3) is 0 Å². The highest BCUT2D eigenvalue weighted by Crippen LogP contribution is 2.35. The minimum atomic E-state index is -3.97. The van der Waals surface area contributed by atoms with E-state index in [1.165, 1.54) is 6.07 Å². The highest BCUT2D eigenvalue weighted by Gasteiger charge is 2.24. The number of nitrogens with one attached hydrogen (secondary N) is 2. The summed E-state index contributed by atoms with van der Waals surface area (Å²) in [5, 5.41) is 3.55. The van der Waals surface area contributed by atoms with E-state index in [4.69, 9.17) is 25.8 Å². The third-order valence-electron chi connectivity index (χ3n) is 5.91. The topological polar surface area (TPSA) is 102 Å². The lowest BCUT2D eigenvalue weighted by atomic mass is 10.2. The number of anilines is 2. The molecule has 1 aliphatic heterocycles. The van der Waals surface area contributed by atoms with Crippen molar-refractivity contribution in [3.63, 3.8) is 0 Å². The molecule has 0 spiro atoms. The van der Waals surface area contributed by atoms with Crippen molar-refractivity contribution in [3.05, 3.63) is 64.2 Å². The van der Waals surface area contributed by atoms with Crippen molar-refractivity contribution in [1.82, 2.24) is 9.88 Å². The highest BCUT2D eigenvalue weighted by atomic mass is 35.5. The third kappa shape index (κ3) is 6.38. The molecule has 0 atom stereocenters. The van der Waals surface area contributed by atoms with E-state index >= 15 is 0 Å². The van der Waals surface area contributed by atoms with Crippen molar-refractivity contribution in [3.8, 4) is 17.2 Å². The molecule has 0 saturated heterocycles. The number of pyridine rings is 1. The van der Waals surface area contributed by atoms with Gasteiger partial charge < -0.3 is 24.4 Å². The Bertz CT molecular complexity index is 1380. The standard InChI is InChI=1S/C26H31ClN4O5S/c1-17-20(27)6-5-7-24(17)37(32,33)30-26-23(15-19-10-11-28-25(19)29-26)36-16-18-8-9-21(34-4)22(14-18)35-13-12-31(2)3/h5-9,14-15H,10-13,16H2,1-4H3,(H2,28,29,30). The zero-order valence-corrected chi connectivity index (χ0v) is 22.9. The maximum absolute atomic E-state index is 13.2. The minimum Gasteiger partial charge on any atom is -0.493 e. The van der Waals surface area contributed by atoms with Crippen LogP contribution in [0.5, 0.6) is 17.2 Å². The molecule has 0 radical (unpaired) electrons. The number of halogens is 1. The second-order valence-corrected chi connectivity index (χ2v) is 11.0. The Morgan fingerprint density at radius 1 is 1.11 bits per heavy atom. The van der Waals surface area contributed by atoms with E-state index in [1.807, 2.05) is 43.3 Å². The van der Waals surface area contributed by atoms with Crippen LogP contribution in [0.1, 0.15) is 16.7 Å². The summed E-state index contributed by atoms with van der Waals surface area (Å²) in [6.45, 7) is 3.82. The minimum absolute atomic E-state index is 0.0795. The Hall–Kier alpha value is -3.21. The van der Waals surface area contributed by atoms with Crippen LogP contribution in [0.2, 0.25) is 5.02 Å². The number of hydrogen-bond acceptors (Lipinski definition) is 8. The zero-order chi connectivity index (χ0) is 26.6. The summed E-state index contributed by atoms with van der Waals surface area (Å²) in [6.07, 6.45) is 0.769. The summed E-state index contributed by atoms with van der Waals surface area (Å²) in [5.74, 6) is 2.30. The van der Waals surface area contributed by atoms with Crippen molar-refractivity contribution < 1.29 is 22.6 Å². The lowest BCUT2D eigenvalue weighted by Crippen LogP contribution is -2.19. The van der Waals surface area contributed by atoms with Gasteiger partial charge in [0.05, 0.1) is 12.0 Å². The summed E-state index contributed by atoms with van der Waals surface area (Å²) < 4.78 is 46.5. The van der Waals surface area contributed by atoms with E-state index in [0.29, 0.717) is 40.3 Å². The molecule has 2 N–H and O–H groups in total. The van der Waals surface area contributed by atoms with Gasteiger partial charge in [-0.1, -0.05) is 23.7 Å². The van der Waals surface area contributed by atoms with Crippen LogP contribution in [-0.4, -0.2) is 59.2 Å². The molecule has 0 unspecified atom stereocenters. The van der Waals surface area contributed by atoms with Crippen LogP contribution < -0.4 is 24.2 Å². The van der Waals surface area contributed by atoms with Crippen LogP contribution in [0.3, 0.4) is 0 Å². The third-order valence-corrected chi connectivity index (χ3v) is 7.80. The van der Waals surface area contributed by atoms with E-state index < -0.39 is 10.0 Å². The number of rotatable bonds is 11. The number of methoxy groups -OCH3 is 1. The van der Waals surface area contributed by atoms with Crippen LogP contribution in [0.15, 0.2) is 47.4 Å². The molecule has 0 fully saturated rings. The SMILES string of the molecule is COc1ccc(COc2cc3c(nc2NS(=O)(=O)c2cccc(Cl)c2C)NCC3)cc1OCCN(C)C. The Balaban J connectivity index is 1.58. The summed E-state index contributed by atoms with van der Waals surface area (Å²) in [4.78, 5) is 6.63. The molecule has 4 rings (SSSR count). The summed E-state index contributed by atoms with van der Waals surface area (Å²) in [5.41, 5.74) is 2.25. The van der Waals surface area contributed by atoms with E-state index in [0.717, 1.165) is 30.6 Å². The maximum Gasteiger partial charge on any atom is 0.263 e. The monoisotopic (exact) mass is 546 g/mol. The molecule has 2 aromatic carbocycles. The molecule has 1 aromatic heterocycles. The van der Waals surface area contributed by atoms with Crippen molar-refractivity contribution in [2.45, 2.75) is 24.8 Å². The molecule has 9 nitrogen and oxygen atoms in total. The second-order valence-electron chi connectivity index (χ2n) is 8.91. The van der Waals surface area contributed by atoms with Gasteiger partial charge in [0.15, 0.2) is 23.1 Å². The summed E-state index contributed by atoms with van der Waals surface area (Å²) in [6, 6.07) is 12.1. The van der Waals surface area contributed by atoms with Gasteiger partial charge in [0.2, 0.25) is 0 Å². The molecule has 1 aliphatic rings. The van der Waals surface area contributed by atoms with Gasteiger partial charge in [-0.05, 0) is 68.9 Å². The normalized spacial score (nSPS) is 12.7. The highest BCUT2D eigenvalue weighted by molar-refractivity contribution is 7.92. The lowest BCUT2D eigenvalue weighted by Gasteiger charge is -2.17. The second kappa shape index (κ2) is 11.5. The van der Waals surface area contributed by atoms with Gasteiger partial charge in [-0.2, -0.15) is 0 Å². The molecule has 0 saturated carbocycles. The van der Waals surface area contributed by atoms with E-state index in [-0.39, 0.29) is 17.3 Å². The molecule has 0 amide bonds. The fourth-order valence-corrected chi connectivity index (χ4v) is 5.37. The summed E-state index contributed by atoms with van der Waals surface area (Å²) >= 11 is 6.17. The Kier molecular flexibility index (Phi) is 8.31. The van der Waals surface area contributed by atoms with Gasteiger partial charge in [0.25, 0.3) is 10.0 Å². The van der Waals surface area contributed by atoms with Crippen molar-refractivity contribution in [1.29, 1.82) is 0 Å². The van der Waals surface area contributed by atoms with Gasteiger partial charge in [-0.15, -0.1) is 0 Å². The molecular formula is C26H31ClN4O5S. The maximum atomic E-state index is 13.2. The average molecular weight is 547 g/mol. The number of nitrogens with zero attached hydrogens (tertiary/aromatic N) is 2. The number of likely N-dealkylation sites (N-methyl/N-ethyl adjacent to an activating group) is 1. The fraction of sp³-hybridized carbons (Fsp3) is 0.346. The zero-order valence-electron chi connectivity index (χ0n) is 21.3. The molecule has 0 bridgehead atoms. The average Bonchev–Trinajstić information content (AvgIpc) is 3.31. The van der Waals surface area contributed by atoms with Gasteiger partial charge in [-0.25, -0.2) is 13.4 Å². The first-order valence-electron chi connectivity index (χ1n) is 11.8. The van der Waals surface area contributed by atoms with E-state index in [2.05, 4.69) is 15.0 Å². The lowest BCUT2D eigenvalue weighted by molar-refractivity contribution is 0.249. The van der Waals surface area contributed by atoms with Crippen LogP contribution in [0.4, 0.5) is 11.6 Å². The predicted molar refractivity (Wildman–Crippen MR) is 145 cm³/mol. The quantitative estimate of drug-likeness (QED) is 0.366. The van der Waals surface area contributed by atoms with Gasteiger partial charge in [0, 0.05) is 23.7 Å². The number of hydrogen-bond donors (Lipinski definition) is 2. The largest absolute Gasteiger partial charge is 0.493 e. The molecule has 2 heterocycles. The molecular weight excluding hydrogens is 516 g/mol. The Labute approximate surface area is 222 Å². The number of ether oxygens (including phenoxy) is 3. The number of aromatic nitrogens is 1. The van der Waals surface area contributed by atoms with Gasteiger partial charge >= 0.3 is 0 Å². The van der Waals surface area contributed by atoms with E-state index in [1.54, 1.807) is 26.2 Å². The molecule has 198 valence electrons. The smallest absolute Gasteiger partial charge is 0.263 e. The number of fused-ring (bicyclic) bond motifs is 1. The Morgan fingerprint density at radius 2 is 1.92 bits per heavy atom. The fourth-order valence-electron chi connectivity index (χ4n) is 3.86. The van der Waals surface area contributed by atoms with Crippen LogP contribution in [0, 0.1) is 6.92 Å². The van der Waals surface area contributed by atoms with Crippen molar-refractivity contribution >= 4 is 33.3 Å². The van der Waals surface area contributed by atoms with Crippen LogP contribution in [-0.2, 0) is 23.1 Å². The van der Waals surface area contributed by atoms with E-state index in [9.17, 15) is 8.42 Å². The number of benzene rings is 2. The van der Waals surface area contributed by atoms with Gasteiger partial charge in [0.1, 0.15) is 19.0 Å². The molecule has 3 aromatic rings. The Morgan fingerprint density at radius 3 is 2.68 bits per heavy atom. The summed E-state index contributed by atoms with van der Waals surface area (Å²) in [7, 11) is 1.58. The van der Waals surface area contributed by atoms with Gasteiger partial charge in [-0.3, -0.25) is 4.72 Å². The first kappa shape index (κ1) is 26.8.